The van der Waals surface area contributed by atoms with Crippen molar-refractivity contribution in [3.8, 4) is 5.75 Å². The molecule has 0 aliphatic carbocycles. The summed E-state index contributed by atoms with van der Waals surface area (Å²) in [6.07, 6.45) is -0.506. The number of benzene rings is 1. The zero-order valence-corrected chi connectivity index (χ0v) is 14.5. The summed E-state index contributed by atoms with van der Waals surface area (Å²) in [4.78, 5) is 33.7. The van der Waals surface area contributed by atoms with Gasteiger partial charge in [-0.05, 0) is 18.2 Å². The Labute approximate surface area is 150 Å². The number of nitrogens with one attached hydrogen (secondary N) is 1. The first-order valence-corrected chi connectivity index (χ1v) is 7.54. The molecule has 0 aromatic heterocycles. The number of rotatable bonds is 12. The minimum Gasteiger partial charge on any atom is -0.495 e. The van der Waals surface area contributed by atoms with Crippen LogP contribution >= 0.6 is 0 Å². The van der Waals surface area contributed by atoms with E-state index in [0.717, 1.165) is 0 Å². The molecule has 0 saturated heterocycles. The topological polar surface area (TPSA) is 119 Å². The van der Waals surface area contributed by atoms with Gasteiger partial charge in [-0.25, -0.2) is 9.59 Å². The van der Waals surface area contributed by atoms with Crippen molar-refractivity contribution < 1.29 is 42.8 Å². The lowest BCUT2D eigenvalue weighted by atomic mass is 10.2. The van der Waals surface area contributed by atoms with Crippen molar-refractivity contribution in [2.24, 2.45) is 0 Å². The van der Waals surface area contributed by atoms with E-state index in [2.05, 4.69) is 10.1 Å². The number of anilines is 1. The zero-order valence-electron chi connectivity index (χ0n) is 14.5. The number of carbonyl (C=O) groups excluding carboxylic acids is 3. The highest BCUT2D eigenvalue weighted by Gasteiger charge is 2.13. The molecule has 1 N–H and O–H groups in total. The van der Waals surface area contributed by atoms with Gasteiger partial charge in [0.15, 0.2) is 0 Å². The number of hydrogen-bond acceptors (Lipinski definition) is 9. The maximum atomic E-state index is 11.9. The highest BCUT2D eigenvalue weighted by molar-refractivity contribution is 5.91. The van der Waals surface area contributed by atoms with Crippen LogP contribution in [0.3, 0.4) is 0 Å². The molecular weight excluding hydrogens is 350 g/mol. The molecule has 0 saturated carbocycles. The standard InChI is InChI=1S/C16H21NO9/c1-21-5-6-23-7-8-24-16(20)26-11-25-15(19)12-3-4-13(17-10-18)14(9-12)22-2/h3-4,9-10H,5-8,11H2,1-2H3,(H,17,18). The van der Waals surface area contributed by atoms with Gasteiger partial charge in [-0.15, -0.1) is 0 Å². The first-order chi connectivity index (χ1) is 12.6. The second-order valence-corrected chi connectivity index (χ2v) is 4.57. The molecular formula is C16H21NO9. The highest BCUT2D eigenvalue weighted by Crippen LogP contribution is 2.25. The molecule has 144 valence electrons. The summed E-state index contributed by atoms with van der Waals surface area (Å²) >= 11 is 0. The molecule has 1 amide bonds. The van der Waals surface area contributed by atoms with E-state index in [9.17, 15) is 14.4 Å². The van der Waals surface area contributed by atoms with E-state index in [1.165, 1.54) is 25.3 Å². The molecule has 0 fully saturated rings. The van der Waals surface area contributed by atoms with Crippen LogP contribution in [-0.4, -0.2) is 66.0 Å². The van der Waals surface area contributed by atoms with Crippen LogP contribution in [0.25, 0.3) is 0 Å². The zero-order chi connectivity index (χ0) is 19.2. The van der Waals surface area contributed by atoms with E-state index in [0.29, 0.717) is 25.3 Å². The van der Waals surface area contributed by atoms with Crippen molar-refractivity contribution >= 4 is 24.2 Å². The van der Waals surface area contributed by atoms with Crippen LogP contribution in [0, 0.1) is 0 Å². The normalized spacial score (nSPS) is 9.92. The Morgan fingerprint density at radius 3 is 2.50 bits per heavy atom. The summed E-state index contributed by atoms with van der Waals surface area (Å²) in [6, 6.07) is 4.28. The first-order valence-electron chi connectivity index (χ1n) is 7.54. The van der Waals surface area contributed by atoms with Crippen molar-refractivity contribution in [3.63, 3.8) is 0 Å². The summed E-state index contributed by atoms with van der Waals surface area (Å²) in [5, 5.41) is 2.43. The number of carbonyl (C=O) groups is 3. The summed E-state index contributed by atoms with van der Waals surface area (Å²) in [5.41, 5.74) is 0.549. The monoisotopic (exact) mass is 371 g/mol. The Morgan fingerprint density at radius 1 is 1.04 bits per heavy atom. The number of methoxy groups -OCH3 is 2. The molecule has 0 atom stereocenters. The maximum absolute atomic E-state index is 11.9. The van der Waals surface area contributed by atoms with Gasteiger partial charge < -0.3 is 33.7 Å². The van der Waals surface area contributed by atoms with Gasteiger partial charge in [-0.3, -0.25) is 4.79 Å². The number of amides is 1. The predicted octanol–water partition coefficient (Wildman–Crippen LogP) is 1.19. The van der Waals surface area contributed by atoms with E-state index in [4.69, 9.17) is 23.7 Å². The van der Waals surface area contributed by atoms with Gasteiger partial charge in [0.25, 0.3) is 0 Å². The second-order valence-electron chi connectivity index (χ2n) is 4.57. The number of esters is 1. The molecule has 0 aliphatic rings. The smallest absolute Gasteiger partial charge is 0.495 e. The van der Waals surface area contributed by atoms with Crippen LogP contribution in [0.5, 0.6) is 5.75 Å². The molecule has 1 aromatic rings. The van der Waals surface area contributed by atoms with Gasteiger partial charge in [0.1, 0.15) is 12.4 Å². The van der Waals surface area contributed by atoms with E-state index < -0.39 is 18.9 Å². The number of ether oxygens (including phenoxy) is 6. The van der Waals surface area contributed by atoms with Crippen LogP contribution in [0.1, 0.15) is 10.4 Å². The van der Waals surface area contributed by atoms with Crippen molar-refractivity contribution in [3.05, 3.63) is 23.8 Å². The Bertz CT molecular complexity index is 591. The molecule has 26 heavy (non-hydrogen) atoms. The minimum absolute atomic E-state index is 0.00110. The molecule has 1 aromatic carbocycles. The van der Waals surface area contributed by atoms with Crippen LogP contribution in [0.15, 0.2) is 18.2 Å². The van der Waals surface area contributed by atoms with Gasteiger partial charge in [-0.2, -0.15) is 0 Å². The largest absolute Gasteiger partial charge is 0.511 e. The van der Waals surface area contributed by atoms with E-state index >= 15 is 0 Å². The van der Waals surface area contributed by atoms with Crippen LogP contribution in [0.4, 0.5) is 10.5 Å². The molecule has 0 bridgehead atoms. The van der Waals surface area contributed by atoms with Crippen molar-refractivity contribution in [1.29, 1.82) is 0 Å². The fourth-order valence-electron chi connectivity index (χ4n) is 1.69. The molecule has 0 aliphatic heterocycles. The molecule has 10 heteroatoms. The van der Waals surface area contributed by atoms with Crippen LogP contribution in [0.2, 0.25) is 0 Å². The Morgan fingerprint density at radius 2 is 1.81 bits per heavy atom. The minimum atomic E-state index is -0.990. The highest BCUT2D eigenvalue weighted by atomic mass is 16.8. The quantitative estimate of drug-likeness (QED) is 0.250. The lowest BCUT2D eigenvalue weighted by Crippen LogP contribution is -2.16. The average molecular weight is 371 g/mol. The Balaban J connectivity index is 2.31. The summed E-state index contributed by atoms with van der Waals surface area (Å²) in [7, 11) is 2.93. The van der Waals surface area contributed by atoms with E-state index in [1.807, 2.05) is 0 Å². The van der Waals surface area contributed by atoms with Gasteiger partial charge in [-0.1, -0.05) is 0 Å². The van der Waals surface area contributed by atoms with Gasteiger partial charge in [0.05, 0.1) is 38.2 Å². The van der Waals surface area contributed by atoms with Crippen molar-refractivity contribution in [2.45, 2.75) is 0 Å². The maximum Gasteiger partial charge on any atom is 0.511 e. The average Bonchev–Trinajstić information content (AvgIpc) is 2.65. The Kier molecular flexibility index (Phi) is 10.2. The van der Waals surface area contributed by atoms with Crippen LogP contribution in [-0.2, 0) is 28.5 Å². The van der Waals surface area contributed by atoms with Gasteiger partial charge >= 0.3 is 12.1 Å². The third kappa shape index (κ3) is 7.81. The second kappa shape index (κ2) is 12.5. The third-order valence-corrected chi connectivity index (χ3v) is 2.90. The molecule has 0 radical (unpaired) electrons. The SMILES string of the molecule is COCCOCCOC(=O)OCOC(=O)c1ccc(NC=O)c(OC)c1. The molecule has 0 spiro atoms. The fraction of sp³-hybridized carbons (Fsp3) is 0.438. The molecule has 0 heterocycles. The fourth-order valence-corrected chi connectivity index (χ4v) is 1.69. The summed E-state index contributed by atoms with van der Waals surface area (Å²) in [5.74, 6) is -0.461. The van der Waals surface area contributed by atoms with Gasteiger partial charge in [0, 0.05) is 7.11 Å². The van der Waals surface area contributed by atoms with Crippen molar-refractivity contribution in [2.75, 3.05) is 52.8 Å². The summed E-state index contributed by atoms with van der Waals surface area (Å²) in [6.45, 7) is 0.408. The lowest BCUT2D eigenvalue weighted by molar-refractivity contribution is -0.105. The summed E-state index contributed by atoms with van der Waals surface area (Å²) < 4.78 is 29.0. The Hall–Kier alpha value is -2.85. The van der Waals surface area contributed by atoms with Gasteiger partial charge in [0.2, 0.25) is 13.2 Å². The predicted molar refractivity (Wildman–Crippen MR) is 88.1 cm³/mol. The molecule has 10 nitrogen and oxygen atoms in total. The molecule has 0 unspecified atom stereocenters. The number of hydrogen-bond donors (Lipinski definition) is 1. The van der Waals surface area contributed by atoms with Crippen LogP contribution < -0.4 is 10.1 Å². The third-order valence-electron chi connectivity index (χ3n) is 2.90. The van der Waals surface area contributed by atoms with E-state index in [1.54, 1.807) is 7.11 Å². The van der Waals surface area contributed by atoms with Crippen molar-refractivity contribution in [1.82, 2.24) is 0 Å². The first kappa shape index (κ1) is 21.2. The molecule has 1 rings (SSSR count). The van der Waals surface area contributed by atoms with E-state index in [-0.39, 0.29) is 24.5 Å². The lowest BCUT2D eigenvalue weighted by Gasteiger charge is -2.10.